The molecular formula is C16H31N3O. The van der Waals surface area contributed by atoms with Gasteiger partial charge >= 0.3 is 6.03 Å². The molecule has 0 saturated carbocycles. The normalized spacial score (nSPS) is 23.8. The van der Waals surface area contributed by atoms with Gasteiger partial charge in [0.05, 0.1) is 0 Å². The third-order valence-electron chi connectivity index (χ3n) is 4.46. The average molecular weight is 281 g/mol. The van der Waals surface area contributed by atoms with Crippen LogP contribution in [-0.2, 0) is 0 Å². The highest BCUT2D eigenvalue weighted by Crippen LogP contribution is 2.15. The first kappa shape index (κ1) is 15.6. The summed E-state index contributed by atoms with van der Waals surface area (Å²) in [6, 6.07) is 0.296. The van der Waals surface area contributed by atoms with E-state index in [4.69, 9.17) is 0 Å². The van der Waals surface area contributed by atoms with Gasteiger partial charge in [0.25, 0.3) is 0 Å². The van der Waals surface area contributed by atoms with Gasteiger partial charge in [-0.3, -0.25) is 0 Å². The molecule has 20 heavy (non-hydrogen) atoms. The minimum atomic E-state index is 0.296. The fourth-order valence-electron chi connectivity index (χ4n) is 3.17. The Morgan fingerprint density at radius 2 is 1.00 bits per heavy atom. The van der Waals surface area contributed by atoms with Crippen LogP contribution in [0.5, 0.6) is 0 Å². The third-order valence-corrected chi connectivity index (χ3v) is 4.46. The Bertz CT molecular complexity index is 235. The maximum absolute atomic E-state index is 12.0. The SMILES string of the molecule is C1CCNCC1.O=C(N1CCCCC1)N1CCCCC1. The van der Waals surface area contributed by atoms with E-state index in [1.807, 2.05) is 9.80 Å². The zero-order valence-electron chi connectivity index (χ0n) is 12.9. The summed E-state index contributed by atoms with van der Waals surface area (Å²) in [5, 5.41) is 3.28. The van der Waals surface area contributed by atoms with Crippen LogP contribution in [0.1, 0.15) is 57.8 Å². The molecule has 3 saturated heterocycles. The first-order chi connectivity index (χ1) is 9.88. The van der Waals surface area contributed by atoms with Crippen molar-refractivity contribution in [1.29, 1.82) is 0 Å². The number of likely N-dealkylation sites (tertiary alicyclic amines) is 2. The molecule has 2 amide bonds. The number of urea groups is 1. The summed E-state index contributed by atoms with van der Waals surface area (Å²) in [4.78, 5) is 16.1. The summed E-state index contributed by atoms with van der Waals surface area (Å²) in [6.45, 7) is 6.43. The second-order valence-corrected chi connectivity index (χ2v) is 6.19. The lowest BCUT2D eigenvalue weighted by Gasteiger charge is -2.34. The number of carbonyl (C=O) groups excluding carboxylic acids is 1. The van der Waals surface area contributed by atoms with Crippen molar-refractivity contribution in [2.75, 3.05) is 39.3 Å². The van der Waals surface area contributed by atoms with E-state index in [1.54, 1.807) is 0 Å². The van der Waals surface area contributed by atoms with Crippen molar-refractivity contribution in [2.24, 2.45) is 0 Å². The van der Waals surface area contributed by atoms with E-state index in [0.29, 0.717) is 6.03 Å². The molecule has 0 aromatic rings. The number of nitrogens with zero attached hydrogens (tertiary/aromatic N) is 2. The predicted octanol–water partition coefficient (Wildman–Crippen LogP) is 2.84. The van der Waals surface area contributed by atoms with Gasteiger partial charge in [0.15, 0.2) is 0 Å². The number of nitrogens with one attached hydrogen (secondary N) is 1. The van der Waals surface area contributed by atoms with Gasteiger partial charge in [-0.2, -0.15) is 0 Å². The summed E-state index contributed by atoms with van der Waals surface area (Å²) in [5.74, 6) is 0. The monoisotopic (exact) mass is 281 g/mol. The molecule has 0 unspecified atom stereocenters. The molecule has 0 aromatic carbocycles. The van der Waals surface area contributed by atoms with Gasteiger partial charge in [-0.15, -0.1) is 0 Å². The minimum absolute atomic E-state index is 0.296. The number of carbonyl (C=O) groups is 1. The Hall–Kier alpha value is -0.770. The van der Waals surface area contributed by atoms with Crippen molar-refractivity contribution in [2.45, 2.75) is 57.8 Å². The van der Waals surface area contributed by atoms with Gasteiger partial charge in [-0.25, -0.2) is 4.79 Å². The molecule has 3 heterocycles. The number of rotatable bonds is 0. The molecule has 3 fully saturated rings. The molecule has 0 aliphatic carbocycles. The van der Waals surface area contributed by atoms with E-state index in [9.17, 15) is 4.79 Å². The summed E-state index contributed by atoms with van der Waals surface area (Å²) in [6.07, 6.45) is 11.6. The van der Waals surface area contributed by atoms with E-state index < -0.39 is 0 Å². The van der Waals surface area contributed by atoms with Crippen molar-refractivity contribution in [3.8, 4) is 0 Å². The molecule has 4 heteroatoms. The predicted molar refractivity (Wildman–Crippen MR) is 83.0 cm³/mol. The lowest BCUT2D eigenvalue weighted by molar-refractivity contribution is 0.135. The van der Waals surface area contributed by atoms with Crippen molar-refractivity contribution >= 4 is 6.03 Å². The molecule has 3 aliphatic heterocycles. The standard InChI is InChI=1S/C11H20N2O.C5H11N/c14-11(12-7-3-1-4-8-12)13-9-5-2-6-10-13;1-2-4-6-5-3-1/h1-10H2;6H,1-5H2. The second kappa shape index (κ2) is 9.22. The second-order valence-electron chi connectivity index (χ2n) is 6.19. The molecule has 4 nitrogen and oxygen atoms in total. The highest BCUT2D eigenvalue weighted by atomic mass is 16.2. The van der Waals surface area contributed by atoms with Crippen LogP contribution in [0.2, 0.25) is 0 Å². The molecule has 0 aromatic heterocycles. The lowest BCUT2D eigenvalue weighted by atomic mass is 10.1. The highest BCUT2D eigenvalue weighted by Gasteiger charge is 2.23. The Morgan fingerprint density at radius 3 is 1.30 bits per heavy atom. The quantitative estimate of drug-likeness (QED) is 0.741. The fourth-order valence-corrected chi connectivity index (χ4v) is 3.17. The van der Waals surface area contributed by atoms with Crippen molar-refractivity contribution in [3.05, 3.63) is 0 Å². The maximum Gasteiger partial charge on any atom is 0.319 e. The van der Waals surface area contributed by atoms with Crippen LogP contribution >= 0.6 is 0 Å². The van der Waals surface area contributed by atoms with Gasteiger partial charge in [-0.1, -0.05) is 6.42 Å². The van der Waals surface area contributed by atoms with Crippen LogP contribution in [0.4, 0.5) is 4.79 Å². The molecule has 3 rings (SSSR count). The number of piperidine rings is 3. The molecule has 0 atom stereocenters. The Labute approximate surface area is 123 Å². The van der Waals surface area contributed by atoms with Crippen LogP contribution < -0.4 is 5.32 Å². The lowest BCUT2D eigenvalue weighted by Crippen LogP contribution is -2.47. The van der Waals surface area contributed by atoms with E-state index in [2.05, 4.69) is 5.32 Å². The van der Waals surface area contributed by atoms with Crippen LogP contribution in [-0.4, -0.2) is 55.1 Å². The largest absolute Gasteiger partial charge is 0.325 e. The average Bonchev–Trinajstić information content (AvgIpc) is 2.58. The van der Waals surface area contributed by atoms with E-state index >= 15 is 0 Å². The molecule has 0 spiro atoms. The summed E-state index contributed by atoms with van der Waals surface area (Å²) in [5.41, 5.74) is 0. The highest BCUT2D eigenvalue weighted by molar-refractivity contribution is 5.74. The van der Waals surface area contributed by atoms with Gasteiger partial charge in [0, 0.05) is 26.2 Å². The minimum Gasteiger partial charge on any atom is -0.325 e. The smallest absolute Gasteiger partial charge is 0.319 e. The maximum atomic E-state index is 12.0. The van der Waals surface area contributed by atoms with E-state index in [0.717, 1.165) is 26.2 Å². The Kier molecular flexibility index (Phi) is 7.20. The fraction of sp³-hybridized carbons (Fsp3) is 0.938. The Balaban J connectivity index is 0.000000205. The summed E-state index contributed by atoms with van der Waals surface area (Å²) in [7, 11) is 0. The van der Waals surface area contributed by atoms with Crippen molar-refractivity contribution in [3.63, 3.8) is 0 Å². The topological polar surface area (TPSA) is 35.6 Å². The zero-order valence-corrected chi connectivity index (χ0v) is 12.9. The Morgan fingerprint density at radius 1 is 0.600 bits per heavy atom. The first-order valence-electron chi connectivity index (χ1n) is 8.62. The van der Waals surface area contributed by atoms with Crippen LogP contribution in [0.15, 0.2) is 0 Å². The number of amides is 2. The summed E-state index contributed by atoms with van der Waals surface area (Å²) < 4.78 is 0. The summed E-state index contributed by atoms with van der Waals surface area (Å²) >= 11 is 0. The number of hydrogen-bond donors (Lipinski definition) is 1. The van der Waals surface area contributed by atoms with Crippen LogP contribution in [0.25, 0.3) is 0 Å². The first-order valence-corrected chi connectivity index (χ1v) is 8.62. The molecule has 116 valence electrons. The molecule has 0 radical (unpaired) electrons. The van der Waals surface area contributed by atoms with Crippen molar-refractivity contribution in [1.82, 2.24) is 15.1 Å². The van der Waals surface area contributed by atoms with Crippen LogP contribution in [0.3, 0.4) is 0 Å². The van der Waals surface area contributed by atoms with E-state index in [-0.39, 0.29) is 0 Å². The van der Waals surface area contributed by atoms with Crippen molar-refractivity contribution < 1.29 is 4.79 Å². The zero-order chi connectivity index (χ0) is 14.0. The molecule has 3 aliphatic rings. The molecule has 1 N–H and O–H groups in total. The third kappa shape index (κ3) is 5.31. The number of hydrogen-bond acceptors (Lipinski definition) is 2. The van der Waals surface area contributed by atoms with Gasteiger partial charge in [-0.05, 0) is 64.5 Å². The van der Waals surface area contributed by atoms with Gasteiger partial charge in [0.1, 0.15) is 0 Å². The van der Waals surface area contributed by atoms with Gasteiger partial charge < -0.3 is 15.1 Å². The van der Waals surface area contributed by atoms with Crippen LogP contribution in [0, 0.1) is 0 Å². The van der Waals surface area contributed by atoms with Gasteiger partial charge in [0.2, 0.25) is 0 Å². The molecular weight excluding hydrogens is 250 g/mol. The molecule has 0 bridgehead atoms. The van der Waals surface area contributed by atoms with E-state index in [1.165, 1.54) is 70.9 Å².